The van der Waals surface area contributed by atoms with Gasteiger partial charge in [0.2, 0.25) is 0 Å². The third-order valence-electron chi connectivity index (χ3n) is 2.72. The second-order valence-electron chi connectivity index (χ2n) is 4.66. The number of ether oxygens (including phenoxy) is 1. The number of rotatable bonds is 3. The fraction of sp³-hybridized carbons (Fsp3) is 0.286. The maximum absolute atomic E-state index is 12.6. The number of alkyl halides is 3. The Morgan fingerprint density at radius 2 is 1.90 bits per heavy atom. The highest BCUT2D eigenvalue weighted by atomic mass is 79.9. The lowest BCUT2D eigenvalue weighted by Crippen LogP contribution is -2.09. The van der Waals surface area contributed by atoms with Crippen molar-refractivity contribution in [3.05, 3.63) is 46.2 Å². The summed E-state index contributed by atoms with van der Waals surface area (Å²) in [6.07, 6.45) is -3.50. The first-order valence-corrected chi connectivity index (χ1v) is 6.94. The van der Waals surface area contributed by atoms with Gasteiger partial charge < -0.3 is 4.74 Å². The van der Waals surface area contributed by atoms with Gasteiger partial charge in [0.15, 0.2) is 5.69 Å². The van der Waals surface area contributed by atoms with Gasteiger partial charge in [-0.2, -0.15) is 18.2 Å². The normalized spacial score (nSPS) is 11.8. The van der Waals surface area contributed by atoms with Crippen LogP contribution in [0.4, 0.5) is 13.2 Å². The summed E-state index contributed by atoms with van der Waals surface area (Å²) >= 11 is 3.35. The molecule has 0 spiro atoms. The molecule has 2 aromatic rings. The SMILES string of the molecule is CC(C)c1cc(Br)ccc1Oc1nccc(C(F)(F)F)n1. The molecule has 1 aromatic carbocycles. The van der Waals surface area contributed by atoms with Crippen LogP contribution >= 0.6 is 15.9 Å². The average molecular weight is 361 g/mol. The highest BCUT2D eigenvalue weighted by Gasteiger charge is 2.33. The van der Waals surface area contributed by atoms with E-state index in [0.29, 0.717) is 5.75 Å². The molecule has 0 N–H and O–H groups in total. The Balaban J connectivity index is 2.35. The Labute approximate surface area is 128 Å². The summed E-state index contributed by atoms with van der Waals surface area (Å²) in [5, 5.41) is 0. The third kappa shape index (κ3) is 3.93. The van der Waals surface area contributed by atoms with E-state index >= 15 is 0 Å². The van der Waals surface area contributed by atoms with Gasteiger partial charge in [-0.1, -0.05) is 29.8 Å². The molecule has 0 atom stereocenters. The van der Waals surface area contributed by atoms with E-state index in [1.807, 2.05) is 19.9 Å². The van der Waals surface area contributed by atoms with E-state index in [9.17, 15) is 13.2 Å². The summed E-state index contributed by atoms with van der Waals surface area (Å²) < 4.78 is 44.1. The predicted octanol–water partition coefficient (Wildman–Crippen LogP) is 5.17. The van der Waals surface area contributed by atoms with Crippen molar-refractivity contribution in [2.75, 3.05) is 0 Å². The van der Waals surface area contributed by atoms with Crippen molar-refractivity contribution in [2.24, 2.45) is 0 Å². The molecule has 0 fully saturated rings. The lowest BCUT2D eigenvalue weighted by molar-refractivity contribution is -0.141. The van der Waals surface area contributed by atoms with Gasteiger partial charge in [-0.05, 0) is 35.7 Å². The molecule has 7 heteroatoms. The minimum absolute atomic E-state index is 0.142. The van der Waals surface area contributed by atoms with Crippen LogP contribution in [-0.2, 0) is 6.18 Å². The average Bonchev–Trinajstić information content (AvgIpc) is 2.40. The van der Waals surface area contributed by atoms with Gasteiger partial charge in [-0.15, -0.1) is 0 Å². The molecule has 0 saturated heterocycles. The second-order valence-corrected chi connectivity index (χ2v) is 5.58. The molecule has 1 aromatic heterocycles. The number of aromatic nitrogens is 2. The van der Waals surface area contributed by atoms with E-state index in [1.54, 1.807) is 12.1 Å². The van der Waals surface area contributed by atoms with Crippen LogP contribution in [0.5, 0.6) is 11.8 Å². The molecule has 1 heterocycles. The van der Waals surface area contributed by atoms with Gasteiger partial charge in [-0.3, -0.25) is 0 Å². The van der Waals surface area contributed by atoms with Crippen LogP contribution in [0.3, 0.4) is 0 Å². The minimum Gasteiger partial charge on any atom is -0.424 e. The van der Waals surface area contributed by atoms with Gasteiger partial charge in [0.05, 0.1) is 0 Å². The first-order chi connectivity index (χ1) is 9.77. The van der Waals surface area contributed by atoms with Crippen molar-refractivity contribution in [1.29, 1.82) is 0 Å². The zero-order valence-corrected chi connectivity index (χ0v) is 12.9. The topological polar surface area (TPSA) is 35.0 Å². The van der Waals surface area contributed by atoms with Crippen molar-refractivity contribution in [1.82, 2.24) is 9.97 Å². The molecule has 3 nitrogen and oxygen atoms in total. The van der Waals surface area contributed by atoms with Gasteiger partial charge in [0, 0.05) is 10.7 Å². The Bertz CT molecular complexity index is 644. The highest BCUT2D eigenvalue weighted by molar-refractivity contribution is 9.10. The Kier molecular flexibility index (Phi) is 4.51. The quantitative estimate of drug-likeness (QED) is 0.756. The molecule has 0 unspecified atom stereocenters. The van der Waals surface area contributed by atoms with E-state index in [4.69, 9.17) is 4.74 Å². The van der Waals surface area contributed by atoms with E-state index in [-0.39, 0.29) is 11.9 Å². The molecule has 0 amide bonds. The summed E-state index contributed by atoms with van der Waals surface area (Å²) in [4.78, 5) is 7.12. The minimum atomic E-state index is -4.53. The van der Waals surface area contributed by atoms with Crippen LogP contribution in [-0.4, -0.2) is 9.97 Å². The molecule has 0 aliphatic carbocycles. The predicted molar refractivity (Wildman–Crippen MR) is 75.3 cm³/mol. The molecule has 0 bridgehead atoms. The highest BCUT2D eigenvalue weighted by Crippen LogP contribution is 2.33. The van der Waals surface area contributed by atoms with Crippen molar-refractivity contribution in [3.63, 3.8) is 0 Å². The molecular formula is C14H12BrF3N2O. The van der Waals surface area contributed by atoms with Crippen LogP contribution in [0.1, 0.15) is 31.0 Å². The summed E-state index contributed by atoms with van der Waals surface area (Å²) in [5.74, 6) is 0.579. The second kappa shape index (κ2) is 6.01. The van der Waals surface area contributed by atoms with E-state index in [0.717, 1.165) is 22.3 Å². The Hall–Kier alpha value is -1.63. The monoisotopic (exact) mass is 360 g/mol. The number of halogens is 4. The van der Waals surface area contributed by atoms with Gasteiger partial charge in [-0.25, -0.2) is 4.98 Å². The maximum Gasteiger partial charge on any atom is 0.433 e. The first-order valence-electron chi connectivity index (χ1n) is 6.15. The molecule has 0 radical (unpaired) electrons. The van der Waals surface area contributed by atoms with E-state index in [2.05, 4.69) is 25.9 Å². The van der Waals surface area contributed by atoms with Gasteiger partial charge in [0.1, 0.15) is 5.75 Å². The molecular weight excluding hydrogens is 349 g/mol. The fourth-order valence-corrected chi connectivity index (χ4v) is 2.09. The largest absolute Gasteiger partial charge is 0.433 e. The number of benzene rings is 1. The van der Waals surface area contributed by atoms with Crippen molar-refractivity contribution < 1.29 is 17.9 Å². The molecule has 21 heavy (non-hydrogen) atoms. The molecule has 0 aliphatic rings. The number of hydrogen-bond donors (Lipinski definition) is 0. The molecule has 0 aliphatic heterocycles. The van der Waals surface area contributed by atoms with Gasteiger partial charge in [0.25, 0.3) is 0 Å². The van der Waals surface area contributed by atoms with Gasteiger partial charge >= 0.3 is 12.2 Å². The smallest absolute Gasteiger partial charge is 0.424 e. The maximum atomic E-state index is 12.6. The Morgan fingerprint density at radius 1 is 1.19 bits per heavy atom. The van der Waals surface area contributed by atoms with E-state index in [1.165, 1.54) is 0 Å². The van der Waals surface area contributed by atoms with Crippen LogP contribution < -0.4 is 4.74 Å². The van der Waals surface area contributed by atoms with Crippen molar-refractivity contribution in [2.45, 2.75) is 25.9 Å². The molecule has 0 saturated carbocycles. The van der Waals surface area contributed by atoms with Crippen molar-refractivity contribution >= 4 is 15.9 Å². The number of hydrogen-bond acceptors (Lipinski definition) is 3. The lowest BCUT2D eigenvalue weighted by atomic mass is 10.0. The number of nitrogens with zero attached hydrogens (tertiary/aromatic N) is 2. The lowest BCUT2D eigenvalue weighted by Gasteiger charge is -2.13. The first kappa shape index (κ1) is 15.8. The van der Waals surface area contributed by atoms with E-state index < -0.39 is 11.9 Å². The summed E-state index contributed by atoms with van der Waals surface area (Å²) in [6.45, 7) is 3.92. The fourth-order valence-electron chi connectivity index (χ4n) is 1.71. The summed E-state index contributed by atoms with van der Waals surface area (Å²) in [5.41, 5.74) is -0.180. The van der Waals surface area contributed by atoms with Crippen LogP contribution in [0, 0.1) is 0 Å². The van der Waals surface area contributed by atoms with Crippen LogP contribution in [0.2, 0.25) is 0 Å². The standard InChI is InChI=1S/C14H12BrF3N2O/c1-8(2)10-7-9(15)3-4-11(10)21-13-19-6-5-12(20-13)14(16,17)18/h3-8H,1-2H3. The summed E-state index contributed by atoms with van der Waals surface area (Å²) in [7, 11) is 0. The summed E-state index contributed by atoms with van der Waals surface area (Å²) in [6, 6.07) is 5.75. The third-order valence-corrected chi connectivity index (χ3v) is 3.21. The Morgan fingerprint density at radius 3 is 2.52 bits per heavy atom. The zero-order valence-electron chi connectivity index (χ0n) is 11.3. The van der Waals surface area contributed by atoms with Crippen LogP contribution in [0.15, 0.2) is 34.9 Å². The zero-order chi connectivity index (χ0) is 15.6. The van der Waals surface area contributed by atoms with Crippen LogP contribution in [0.25, 0.3) is 0 Å². The van der Waals surface area contributed by atoms with Crippen molar-refractivity contribution in [3.8, 4) is 11.8 Å². The molecule has 2 rings (SSSR count). The molecule has 112 valence electrons.